The first-order valence-corrected chi connectivity index (χ1v) is 10.4. The Morgan fingerprint density at radius 1 is 1.22 bits per heavy atom. The molecule has 2 aromatic rings. The van der Waals surface area contributed by atoms with Gasteiger partial charge < -0.3 is 0 Å². The monoisotopic (exact) mass is 359 g/mol. The molecule has 9 nitrogen and oxygen atoms in total. The maximum absolute atomic E-state index is 12.6. The summed E-state index contributed by atoms with van der Waals surface area (Å²) in [6.07, 6.45) is 6.32. The highest BCUT2D eigenvalue weighted by Crippen LogP contribution is 2.32. The average molecular weight is 359 g/mol. The third-order valence-electron chi connectivity index (χ3n) is 3.94. The standard InChI is InChI=1S/C12H17N5O4S2/c1-22(18,19)11-7-15-16-12(11)9-3-2-4-17(8-9)23(20,21)10-5-13-14-6-10/h5-7,9H,2-4,8H2,1H3,(H,13,14)(H,15,16)/t9-/m1/s1. The second-order valence-electron chi connectivity index (χ2n) is 5.56. The van der Waals surface area contributed by atoms with Gasteiger partial charge in [-0.3, -0.25) is 10.2 Å². The molecule has 1 fully saturated rings. The number of nitrogens with one attached hydrogen (secondary N) is 2. The fraction of sp³-hybridized carbons (Fsp3) is 0.500. The van der Waals surface area contributed by atoms with Crippen molar-refractivity contribution in [3.05, 3.63) is 24.3 Å². The van der Waals surface area contributed by atoms with Gasteiger partial charge in [-0.2, -0.15) is 14.5 Å². The number of hydrogen-bond acceptors (Lipinski definition) is 6. The van der Waals surface area contributed by atoms with Gasteiger partial charge in [-0.25, -0.2) is 16.8 Å². The molecule has 1 atom stereocenters. The summed E-state index contributed by atoms with van der Waals surface area (Å²) in [7, 11) is -7.05. The summed E-state index contributed by atoms with van der Waals surface area (Å²) in [6.45, 7) is 0.602. The van der Waals surface area contributed by atoms with Crippen molar-refractivity contribution >= 4 is 19.9 Å². The zero-order valence-electron chi connectivity index (χ0n) is 12.4. The van der Waals surface area contributed by atoms with Crippen molar-refractivity contribution in [3.63, 3.8) is 0 Å². The molecular weight excluding hydrogens is 342 g/mol. The lowest BCUT2D eigenvalue weighted by Crippen LogP contribution is -2.39. The van der Waals surface area contributed by atoms with Gasteiger partial charge in [-0.1, -0.05) is 0 Å². The highest BCUT2D eigenvalue weighted by molar-refractivity contribution is 7.90. The molecule has 0 unspecified atom stereocenters. The first kappa shape index (κ1) is 16.1. The van der Waals surface area contributed by atoms with Crippen LogP contribution in [-0.4, -0.2) is 60.9 Å². The lowest BCUT2D eigenvalue weighted by molar-refractivity contribution is 0.310. The minimum atomic E-state index is -3.64. The van der Waals surface area contributed by atoms with E-state index in [0.717, 1.165) is 6.26 Å². The Morgan fingerprint density at radius 2 is 2.00 bits per heavy atom. The summed E-state index contributed by atoms with van der Waals surface area (Å²) >= 11 is 0. The van der Waals surface area contributed by atoms with E-state index < -0.39 is 19.9 Å². The highest BCUT2D eigenvalue weighted by Gasteiger charge is 2.34. The van der Waals surface area contributed by atoms with Crippen LogP contribution < -0.4 is 0 Å². The number of piperidine rings is 1. The fourth-order valence-corrected chi connectivity index (χ4v) is 5.09. The first-order valence-electron chi connectivity index (χ1n) is 7.02. The zero-order chi connectivity index (χ0) is 16.7. The summed E-state index contributed by atoms with van der Waals surface area (Å²) in [4.78, 5) is 0.233. The van der Waals surface area contributed by atoms with Crippen molar-refractivity contribution in [1.29, 1.82) is 0 Å². The topological polar surface area (TPSA) is 129 Å². The van der Waals surface area contributed by atoms with Crippen LogP contribution in [-0.2, 0) is 19.9 Å². The van der Waals surface area contributed by atoms with Crippen LogP contribution in [0.1, 0.15) is 24.5 Å². The molecule has 2 aromatic heterocycles. The second kappa shape index (κ2) is 5.73. The third kappa shape index (κ3) is 3.03. The molecule has 1 saturated heterocycles. The lowest BCUT2D eigenvalue weighted by Gasteiger charge is -2.31. The van der Waals surface area contributed by atoms with Crippen LogP contribution in [0.2, 0.25) is 0 Å². The number of aromatic amines is 2. The Kier molecular flexibility index (Phi) is 4.02. The van der Waals surface area contributed by atoms with Crippen LogP contribution in [0.3, 0.4) is 0 Å². The number of nitrogens with zero attached hydrogens (tertiary/aromatic N) is 3. The van der Waals surface area contributed by atoms with Crippen molar-refractivity contribution in [2.75, 3.05) is 19.3 Å². The van der Waals surface area contributed by atoms with Crippen molar-refractivity contribution in [1.82, 2.24) is 24.7 Å². The van der Waals surface area contributed by atoms with Crippen LogP contribution in [0.5, 0.6) is 0 Å². The number of hydrogen-bond donors (Lipinski definition) is 2. The average Bonchev–Trinajstić information content (AvgIpc) is 3.18. The van der Waals surface area contributed by atoms with E-state index in [1.165, 1.54) is 22.9 Å². The van der Waals surface area contributed by atoms with E-state index in [0.29, 0.717) is 25.1 Å². The van der Waals surface area contributed by atoms with E-state index in [1.54, 1.807) is 0 Å². The molecular formula is C12H17N5O4S2. The molecule has 2 N–H and O–H groups in total. The van der Waals surface area contributed by atoms with Crippen molar-refractivity contribution in [3.8, 4) is 0 Å². The number of rotatable bonds is 4. The van der Waals surface area contributed by atoms with E-state index in [1.807, 2.05) is 0 Å². The Hall–Kier alpha value is -1.72. The van der Waals surface area contributed by atoms with Gasteiger partial charge in [0, 0.05) is 31.5 Å². The van der Waals surface area contributed by atoms with Crippen LogP contribution >= 0.6 is 0 Å². The minimum absolute atomic E-state index is 0.103. The SMILES string of the molecule is CS(=O)(=O)c1cn[nH]c1[C@@H]1CCCN(S(=O)(=O)c2cn[nH]c2)C1. The highest BCUT2D eigenvalue weighted by atomic mass is 32.2. The summed E-state index contributed by atoms with van der Waals surface area (Å²) in [5.41, 5.74) is 0.472. The Morgan fingerprint density at radius 3 is 2.65 bits per heavy atom. The number of H-pyrrole nitrogens is 2. The van der Waals surface area contributed by atoms with Gasteiger partial charge in [0.05, 0.1) is 18.1 Å². The van der Waals surface area contributed by atoms with Gasteiger partial charge in [-0.15, -0.1) is 0 Å². The van der Waals surface area contributed by atoms with Gasteiger partial charge in [0.1, 0.15) is 9.79 Å². The third-order valence-corrected chi connectivity index (χ3v) is 6.89. The van der Waals surface area contributed by atoms with E-state index in [4.69, 9.17) is 0 Å². The molecule has 23 heavy (non-hydrogen) atoms. The molecule has 1 aliphatic heterocycles. The maximum atomic E-state index is 12.6. The Labute approximate surface area is 134 Å². The summed E-state index contributed by atoms with van der Waals surface area (Å²) < 4.78 is 50.1. The number of aromatic nitrogens is 4. The van der Waals surface area contributed by atoms with E-state index in [-0.39, 0.29) is 22.3 Å². The predicted molar refractivity (Wildman–Crippen MR) is 81.0 cm³/mol. The molecule has 0 aliphatic carbocycles. The maximum Gasteiger partial charge on any atom is 0.246 e. The zero-order valence-corrected chi connectivity index (χ0v) is 14.1. The fourth-order valence-electron chi connectivity index (χ4n) is 2.80. The summed E-state index contributed by atoms with van der Waals surface area (Å²) in [5.74, 6) is -0.238. The van der Waals surface area contributed by atoms with Gasteiger partial charge in [0.15, 0.2) is 9.84 Å². The van der Waals surface area contributed by atoms with Gasteiger partial charge in [0.25, 0.3) is 0 Å². The van der Waals surface area contributed by atoms with E-state index in [2.05, 4.69) is 20.4 Å². The van der Waals surface area contributed by atoms with Crippen molar-refractivity contribution < 1.29 is 16.8 Å². The quantitative estimate of drug-likeness (QED) is 0.797. The summed E-state index contributed by atoms with van der Waals surface area (Å²) in [6, 6.07) is 0. The molecule has 3 rings (SSSR count). The van der Waals surface area contributed by atoms with Gasteiger partial charge in [-0.05, 0) is 12.8 Å². The summed E-state index contributed by atoms with van der Waals surface area (Å²) in [5, 5.41) is 12.7. The molecule has 3 heterocycles. The second-order valence-corrected chi connectivity index (χ2v) is 9.48. The molecule has 0 amide bonds. The van der Waals surface area contributed by atoms with Crippen molar-refractivity contribution in [2.24, 2.45) is 0 Å². The number of sulfonamides is 1. The van der Waals surface area contributed by atoms with Crippen LogP contribution in [0, 0.1) is 0 Å². The molecule has 126 valence electrons. The minimum Gasteiger partial charge on any atom is -0.284 e. The van der Waals surface area contributed by atoms with Crippen LogP contribution in [0.25, 0.3) is 0 Å². The normalized spacial score (nSPS) is 20.7. The van der Waals surface area contributed by atoms with Crippen LogP contribution in [0.4, 0.5) is 0 Å². The van der Waals surface area contributed by atoms with E-state index >= 15 is 0 Å². The Balaban J connectivity index is 1.89. The molecule has 11 heteroatoms. The first-order chi connectivity index (χ1) is 10.8. The molecule has 0 saturated carbocycles. The smallest absolute Gasteiger partial charge is 0.246 e. The number of sulfone groups is 1. The van der Waals surface area contributed by atoms with Gasteiger partial charge >= 0.3 is 0 Å². The molecule has 0 spiro atoms. The Bertz CT molecular complexity index is 886. The predicted octanol–water partition coefficient (Wildman–Crippen LogP) is 0.105. The molecule has 0 aromatic carbocycles. The van der Waals surface area contributed by atoms with Crippen molar-refractivity contribution in [2.45, 2.75) is 28.6 Å². The van der Waals surface area contributed by atoms with E-state index in [9.17, 15) is 16.8 Å². The molecule has 0 radical (unpaired) electrons. The van der Waals surface area contributed by atoms with Crippen LogP contribution in [0.15, 0.2) is 28.4 Å². The largest absolute Gasteiger partial charge is 0.284 e. The lowest BCUT2D eigenvalue weighted by atomic mass is 9.96. The molecule has 0 bridgehead atoms. The molecule has 1 aliphatic rings. The van der Waals surface area contributed by atoms with Gasteiger partial charge in [0.2, 0.25) is 10.0 Å².